The van der Waals surface area contributed by atoms with E-state index < -0.39 is 11.6 Å². The van der Waals surface area contributed by atoms with Gasteiger partial charge in [-0.05, 0) is 6.07 Å². The van der Waals surface area contributed by atoms with Gasteiger partial charge in [0.25, 0.3) is 0 Å². The van der Waals surface area contributed by atoms with E-state index in [-0.39, 0.29) is 6.54 Å². The molecule has 4 nitrogen and oxygen atoms in total. The summed E-state index contributed by atoms with van der Waals surface area (Å²) in [7, 11) is 1.73. The van der Waals surface area contributed by atoms with Crippen LogP contribution in [0.5, 0.6) is 0 Å². The van der Waals surface area contributed by atoms with Crippen LogP contribution in [-0.2, 0) is 6.54 Å². The van der Waals surface area contributed by atoms with Crippen LogP contribution in [0, 0.1) is 11.6 Å². The quantitative estimate of drug-likeness (QED) is 0.874. The molecule has 0 bridgehead atoms. The van der Waals surface area contributed by atoms with E-state index in [9.17, 15) is 8.78 Å². The zero-order valence-electron chi connectivity index (χ0n) is 9.74. The van der Waals surface area contributed by atoms with Crippen LogP contribution in [-0.4, -0.2) is 17.0 Å². The molecule has 0 unspecified atom stereocenters. The van der Waals surface area contributed by atoms with Gasteiger partial charge in [0.15, 0.2) is 0 Å². The lowest BCUT2D eigenvalue weighted by atomic mass is 10.2. The van der Waals surface area contributed by atoms with Gasteiger partial charge in [0.1, 0.15) is 23.3 Å². The van der Waals surface area contributed by atoms with Crippen molar-refractivity contribution < 1.29 is 8.78 Å². The van der Waals surface area contributed by atoms with Crippen LogP contribution in [0.1, 0.15) is 5.56 Å². The second kappa shape index (κ2) is 5.39. The second-order valence-corrected chi connectivity index (χ2v) is 3.63. The molecule has 0 aliphatic carbocycles. The van der Waals surface area contributed by atoms with Gasteiger partial charge < -0.3 is 10.6 Å². The number of nitrogens with one attached hydrogen (secondary N) is 2. The first-order chi connectivity index (χ1) is 8.69. The Kier molecular flexibility index (Phi) is 3.66. The molecule has 0 atom stereocenters. The third-order valence-corrected chi connectivity index (χ3v) is 2.37. The van der Waals surface area contributed by atoms with Crippen molar-refractivity contribution in [3.05, 3.63) is 47.8 Å². The molecule has 18 heavy (non-hydrogen) atoms. The molecule has 1 aromatic carbocycles. The highest BCUT2D eigenvalue weighted by atomic mass is 19.1. The molecule has 0 radical (unpaired) electrons. The smallest absolute Gasteiger partial charge is 0.147 e. The molecule has 0 amide bonds. The van der Waals surface area contributed by atoms with Gasteiger partial charge >= 0.3 is 0 Å². The largest absolute Gasteiger partial charge is 0.372 e. The lowest BCUT2D eigenvalue weighted by Crippen LogP contribution is -2.05. The van der Waals surface area contributed by atoms with Gasteiger partial charge in [-0.15, -0.1) is 0 Å². The minimum atomic E-state index is -0.590. The zero-order chi connectivity index (χ0) is 13.0. The maximum atomic E-state index is 13.4. The normalized spacial score (nSPS) is 10.2. The fraction of sp³-hybridized carbons (Fsp3) is 0.167. The summed E-state index contributed by atoms with van der Waals surface area (Å²) in [6.07, 6.45) is 3.10. The number of hydrogen-bond acceptors (Lipinski definition) is 4. The number of anilines is 2. The Morgan fingerprint density at radius 3 is 2.67 bits per heavy atom. The summed E-state index contributed by atoms with van der Waals surface area (Å²) in [6.45, 7) is 0.216. The summed E-state index contributed by atoms with van der Waals surface area (Å²) in [6, 6.07) is 3.47. The van der Waals surface area contributed by atoms with E-state index in [2.05, 4.69) is 20.6 Å². The molecular formula is C12H12F2N4. The Morgan fingerprint density at radius 2 is 1.94 bits per heavy atom. The van der Waals surface area contributed by atoms with Crippen LogP contribution in [0.4, 0.5) is 20.4 Å². The van der Waals surface area contributed by atoms with Crippen molar-refractivity contribution in [2.75, 3.05) is 17.7 Å². The molecular weight excluding hydrogens is 238 g/mol. The molecule has 0 aliphatic rings. The molecule has 6 heteroatoms. The monoisotopic (exact) mass is 250 g/mol. The third kappa shape index (κ3) is 2.91. The van der Waals surface area contributed by atoms with Crippen molar-refractivity contribution in [3.8, 4) is 0 Å². The third-order valence-electron chi connectivity index (χ3n) is 2.37. The molecule has 1 heterocycles. The number of nitrogens with zero attached hydrogens (tertiary/aromatic N) is 2. The maximum Gasteiger partial charge on any atom is 0.147 e. The molecule has 1 aromatic heterocycles. The Labute approximate surface area is 103 Å². The van der Waals surface area contributed by atoms with Crippen LogP contribution in [0.25, 0.3) is 0 Å². The molecule has 0 spiro atoms. The van der Waals surface area contributed by atoms with Crippen LogP contribution in [0.15, 0.2) is 30.6 Å². The summed E-state index contributed by atoms with van der Waals surface area (Å²) in [5.74, 6) is -0.0430. The number of hydrogen-bond donors (Lipinski definition) is 2. The first-order valence-corrected chi connectivity index (χ1v) is 5.36. The van der Waals surface area contributed by atoms with Crippen molar-refractivity contribution >= 4 is 11.6 Å². The number of benzene rings is 1. The Morgan fingerprint density at radius 1 is 1.17 bits per heavy atom. The lowest BCUT2D eigenvalue weighted by Gasteiger charge is -2.07. The summed E-state index contributed by atoms with van der Waals surface area (Å²) in [5, 5.41) is 5.77. The van der Waals surface area contributed by atoms with Gasteiger partial charge in [-0.3, -0.25) is 4.98 Å². The average molecular weight is 250 g/mol. The first kappa shape index (κ1) is 12.2. The summed E-state index contributed by atoms with van der Waals surface area (Å²) in [5.41, 5.74) is 0.369. The topological polar surface area (TPSA) is 49.8 Å². The highest BCUT2D eigenvalue weighted by Crippen LogP contribution is 2.12. The predicted octanol–water partition coefficient (Wildman–Crippen LogP) is 2.41. The lowest BCUT2D eigenvalue weighted by molar-refractivity contribution is 0.574. The van der Waals surface area contributed by atoms with E-state index in [0.29, 0.717) is 17.2 Å². The minimum absolute atomic E-state index is 0.216. The van der Waals surface area contributed by atoms with E-state index in [0.717, 1.165) is 6.07 Å². The van der Waals surface area contributed by atoms with Gasteiger partial charge in [-0.1, -0.05) is 6.07 Å². The number of aromatic nitrogens is 2. The minimum Gasteiger partial charge on any atom is -0.372 e. The highest BCUT2D eigenvalue weighted by molar-refractivity contribution is 5.41. The van der Waals surface area contributed by atoms with Gasteiger partial charge in [0.2, 0.25) is 0 Å². The predicted molar refractivity (Wildman–Crippen MR) is 65.3 cm³/mol. The summed E-state index contributed by atoms with van der Waals surface area (Å²) < 4.78 is 26.1. The highest BCUT2D eigenvalue weighted by Gasteiger charge is 2.04. The van der Waals surface area contributed by atoms with Crippen molar-refractivity contribution in [3.63, 3.8) is 0 Å². The van der Waals surface area contributed by atoms with Crippen molar-refractivity contribution in [1.82, 2.24) is 9.97 Å². The standard InChI is InChI=1S/C12H12F2N4/c1-15-11-6-16-7-12(18-11)17-5-8-2-3-9(13)4-10(8)14/h2-4,6-7H,5H2,1H3,(H2,15,17,18). The van der Waals surface area contributed by atoms with Crippen LogP contribution < -0.4 is 10.6 Å². The SMILES string of the molecule is CNc1cncc(NCc2ccc(F)cc2F)n1. The molecule has 0 aliphatic heterocycles. The van der Waals surface area contributed by atoms with E-state index >= 15 is 0 Å². The van der Waals surface area contributed by atoms with Crippen LogP contribution >= 0.6 is 0 Å². The summed E-state index contributed by atoms with van der Waals surface area (Å²) in [4.78, 5) is 8.14. The van der Waals surface area contributed by atoms with Crippen molar-refractivity contribution in [2.24, 2.45) is 0 Å². The molecule has 2 rings (SSSR count). The zero-order valence-corrected chi connectivity index (χ0v) is 9.74. The second-order valence-electron chi connectivity index (χ2n) is 3.63. The van der Waals surface area contributed by atoms with Gasteiger partial charge in [-0.25, -0.2) is 13.8 Å². The molecule has 0 fully saturated rings. The maximum absolute atomic E-state index is 13.4. The van der Waals surface area contributed by atoms with Gasteiger partial charge in [0.05, 0.1) is 12.4 Å². The van der Waals surface area contributed by atoms with E-state index in [4.69, 9.17) is 0 Å². The van der Waals surface area contributed by atoms with Gasteiger partial charge in [0, 0.05) is 25.2 Å². The average Bonchev–Trinajstić information content (AvgIpc) is 2.38. The van der Waals surface area contributed by atoms with Gasteiger partial charge in [-0.2, -0.15) is 0 Å². The van der Waals surface area contributed by atoms with E-state index in [1.807, 2.05) is 0 Å². The Hall–Kier alpha value is -2.24. The molecule has 0 saturated heterocycles. The fourth-order valence-corrected chi connectivity index (χ4v) is 1.42. The molecule has 2 aromatic rings. The van der Waals surface area contributed by atoms with E-state index in [1.54, 1.807) is 13.2 Å². The fourth-order valence-electron chi connectivity index (χ4n) is 1.42. The Bertz CT molecular complexity index is 545. The van der Waals surface area contributed by atoms with Crippen molar-refractivity contribution in [2.45, 2.75) is 6.54 Å². The van der Waals surface area contributed by atoms with Crippen molar-refractivity contribution in [1.29, 1.82) is 0 Å². The number of halogens is 2. The summed E-state index contributed by atoms with van der Waals surface area (Å²) >= 11 is 0. The molecule has 2 N–H and O–H groups in total. The molecule has 0 saturated carbocycles. The Balaban J connectivity index is 2.06. The number of rotatable bonds is 4. The molecule has 94 valence electrons. The van der Waals surface area contributed by atoms with Crippen LogP contribution in [0.3, 0.4) is 0 Å². The van der Waals surface area contributed by atoms with E-state index in [1.165, 1.54) is 18.3 Å². The first-order valence-electron chi connectivity index (χ1n) is 5.36. The van der Waals surface area contributed by atoms with Crippen LogP contribution in [0.2, 0.25) is 0 Å².